The average Bonchev–Trinajstić information content (AvgIpc) is 3.47. The van der Waals surface area contributed by atoms with Crippen LogP contribution < -0.4 is 15.3 Å². The van der Waals surface area contributed by atoms with Crippen LogP contribution in [0.15, 0.2) is 57.9 Å². The molecule has 1 fully saturated rings. The number of primary amides is 1. The van der Waals surface area contributed by atoms with E-state index in [9.17, 15) is 9.90 Å². The second-order valence-corrected chi connectivity index (χ2v) is 7.75. The van der Waals surface area contributed by atoms with E-state index in [-0.39, 0.29) is 11.3 Å². The maximum absolute atomic E-state index is 11.6. The normalized spacial score (nSPS) is 14.4. The van der Waals surface area contributed by atoms with Crippen molar-refractivity contribution in [1.82, 2.24) is 4.68 Å². The molecule has 1 saturated carbocycles. The lowest BCUT2D eigenvalue weighted by atomic mass is 10.1. The van der Waals surface area contributed by atoms with E-state index in [1.807, 2.05) is 36.6 Å². The lowest BCUT2D eigenvalue weighted by Crippen LogP contribution is -2.14. The number of nitrogens with zero attached hydrogens (tertiary/aromatic N) is 3. The van der Waals surface area contributed by atoms with Gasteiger partial charge in [-0.15, -0.1) is 11.3 Å². The summed E-state index contributed by atoms with van der Waals surface area (Å²) in [5, 5.41) is 16.5. The standard InChI is InChI=1S/C22H22N4O3S/c1-2-29-17-8-3-14(4-9-17)12-24-26-19(13-30-22(26)25-16-6-7-16)15-5-10-20(27)18(11-15)21(23)28/h3-5,8-13,16,27H,2,6-7H2,1H3,(H2,23,28). The van der Waals surface area contributed by atoms with Crippen molar-refractivity contribution in [2.75, 3.05) is 6.61 Å². The Balaban J connectivity index is 1.74. The summed E-state index contributed by atoms with van der Waals surface area (Å²) < 4.78 is 7.24. The van der Waals surface area contributed by atoms with Crippen molar-refractivity contribution >= 4 is 23.5 Å². The molecule has 0 aliphatic heterocycles. The molecule has 7 nitrogen and oxygen atoms in total. The Labute approximate surface area is 177 Å². The molecule has 0 unspecified atom stereocenters. The average molecular weight is 423 g/mol. The number of carbonyl (C=O) groups is 1. The van der Waals surface area contributed by atoms with Gasteiger partial charge in [0.15, 0.2) is 0 Å². The smallest absolute Gasteiger partial charge is 0.252 e. The predicted octanol–water partition coefficient (Wildman–Crippen LogP) is 3.37. The molecule has 154 valence electrons. The van der Waals surface area contributed by atoms with Gasteiger partial charge in [-0.3, -0.25) is 9.79 Å². The van der Waals surface area contributed by atoms with Gasteiger partial charge in [0.05, 0.1) is 30.1 Å². The fourth-order valence-electron chi connectivity index (χ4n) is 2.89. The fraction of sp³-hybridized carbons (Fsp3) is 0.227. The summed E-state index contributed by atoms with van der Waals surface area (Å²) in [5.74, 6) is -0.0169. The van der Waals surface area contributed by atoms with E-state index in [0.29, 0.717) is 12.6 Å². The Kier molecular flexibility index (Phi) is 5.67. The van der Waals surface area contributed by atoms with Crippen LogP contribution in [0.5, 0.6) is 11.5 Å². The number of carbonyl (C=O) groups excluding carboxylic acids is 1. The minimum atomic E-state index is -0.683. The maximum Gasteiger partial charge on any atom is 0.252 e. The molecule has 30 heavy (non-hydrogen) atoms. The lowest BCUT2D eigenvalue weighted by Gasteiger charge is -2.07. The first-order valence-corrected chi connectivity index (χ1v) is 10.6. The van der Waals surface area contributed by atoms with Gasteiger partial charge in [-0.2, -0.15) is 5.10 Å². The molecule has 1 aromatic heterocycles. The van der Waals surface area contributed by atoms with E-state index in [1.165, 1.54) is 17.4 Å². The third-order valence-electron chi connectivity index (χ3n) is 4.60. The van der Waals surface area contributed by atoms with Crippen molar-refractivity contribution in [2.45, 2.75) is 25.8 Å². The van der Waals surface area contributed by atoms with Crippen LogP contribution in [0.2, 0.25) is 0 Å². The molecule has 1 aliphatic carbocycles. The molecule has 0 saturated heterocycles. The number of aromatic nitrogens is 1. The summed E-state index contributed by atoms with van der Waals surface area (Å²) in [7, 11) is 0. The summed E-state index contributed by atoms with van der Waals surface area (Å²) in [6.07, 6.45) is 3.93. The largest absolute Gasteiger partial charge is 0.507 e. The highest BCUT2D eigenvalue weighted by Crippen LogP contribution is 2.27. The van der Waals surface area contributed by atoms with Gasteiger partial charge < -0.3 is 15.6 Å². The minimum Gasteiger partial charge on any atom is -0.507 e. The molecular formula is C22H22N4O3S. The second kappa shape index (κ2) is 8.54. The fourth-order valence-corrected chi connectivity index (χ4v) is 3.80. The Bertz CT molecular complexity index is 1160. The number of phenols is 1. The molecule has 1 aliphatic rings. The van der Waals surface area contributed by atoms with Crippen molar-refractivity contribution in [2.24, 2.45) is 15.8 Å². The SMILES string of the molecule is CCOc1ccc(C=Nn2c(-c3ccc(O)c(C(N)=O)c3)csc2=NC2CC2)cc1. The van der Waals surface area contributed by atoms with Gasteiger partial charge in [0.25, 0.3) is 5.91 Å². The van der Waals surface area contributed by atoms with Gasteiger partial charge in [0.2, 0.25) is 4.80 Å². The topological polar surface area (TPSA) is 102 Å². The number of rotatable bonds is 7. The zero-order valence-electron chi connectivity index (χ0n) is 16.5. The molecule has 2 aromatic carbocycles. The van der Waals surface area contributed by atoms with Crippen LogP contribution in [0.3, 0.4) is 0 Å². The number of ether oxygens (including phenoxy) is 1. The molecule has 1 amide bonds. The number of thiazole rings is 1. The minimum absolute atomic E-state index is 0.0708. The van der Waals surface area contributed by atoms with Gasteiger partial charge in [-0.25, -0.2) is 4.68 Å². The summed E-state index contributed by atoms with van der Waals surface area (Å²) in [6, 6.07) is 12.8. The molecule has 8 heteroatoms. The van der Waals surface area contributed by atoms with Crippen LogP contribution in [0.1, 0.15) is 35.7 Å². The van der Waals surface area contributed by atoms with Crippen LogP contribution in [-0.4, -0.2) is 34.6 Å². The monoisotopic (exact) mass is 422 g/mol. The van der Waals surface area contributed by atoms with Gasteiger partial charge >= 0.3 is 0 Å². The quantitative estimate of drug-likeness (QED) is 0.571. The molecule has 1 heterocycles. The summed E-state index contributed by atoms with van der Waals surface area (Å²) in [5.41, 5.74) is 7.87. The van der Waals surface area contributed by atoms with Crippen LogP contribution >= 0.6 is 11.3 Å². The Morgan fingerprint density at radius 2 is 2.07 bits per heavy atom. The van der Waals surface area contributed by atoms with Gasteiger partial charge in [-0.05, 0) is 67.8 Å². The molecule has 0 spiro atoms. The van der Waals surface area contributed by atoms with Gasteiger partial charge in [-0.1, -0.05) is 0 Å². The van der Waals surface area contributed by atoms with Crippen LogP contribution in [0.4, 0.5) is 0 Å². The molecule has 3 aromatic rings. The molecule has 0 radical (unpaired) electrons. The highest BCUT2D eigenvalue weighted by atomic mass is 32.1. The second-order valence-electron chi connectivity index (χ2n) is 6.92. The van der Waals surface area contributed by atoms with Gasteiger partial charge in [0.1, 0.15) is 11.5 Å². The zero-order chi connectivity index (χ0) is 21.1. The maximum atomic E-state index is 11.6. The number of hydrogen-bond donors (Lipinski definition) is 2. The Hall–Kier alpha value is -3.39. The third-order valence-corrected chi connectivity index (χ3v) is 5.43. The Morgan fingerprint density at radius 3 is 2.73 bits per heavy atom. The zero-order valence-corrected chi connectivity index (χ0v) is 17.3. The molecule has 0 atom stereocenters. The van der Waals surface area contributed by atoms with Crippen molar-refractivity contribution in [3.8, 4) is 22.8 Å². The van der Waals surface area contributed by atoms with Crippen LogP contribution in [0.25, 0.3) is 11.3 Å². The van der Waals surface area contributed by atoms with Crippen molar-refractivity contribution in [1.29, 1.82) is 0 Å². The first kappa shape index (κ1) is 19.9. The van der Waals surface area contributed by atoms with Gasteiger partial charge in [0, 0.05) is 10.9 Å². The molecule has 0 bridgehead atoms. The van der Waals surface area contributed by atoms with Crippen molar-refractivity contribution in [3.63, 3.8) is 0 Å². The van der Waals surface area contributed by atoms with E-state index in [2.05, 4.69) is 5.10 Å². The number of hydrogen-bond acceptors (Lipinski definition) is 6. The number of aromatic hydroxyl groups is 1. The highest BCUT2D eigenvalue weighted by molar-refractivity contribution is 7.07. The van der Waals surface area contributed by atoms with Crippen LogP contribution in [0, 0.1) is 0 Å². The van der Waals surface area contributed by atoms with E-state index in [0.717, 1.165) is 40.2 Å². The number of amides is 1. The predicted molar refractivity (Wildman–Crippen MR) is 117 cm³/mol. The molecule has 3 N–H and O–H groups in total. The van der Waals surface area contributed by atoms with E-state index in [4.69, 9.17) is 15.5 Å². The molecular weight excluding hydrogens is 400 g/mol. The summed E-state index contributed by atoms with van der Waals surface area (Å²) >= 11 is 1.49. The third kappa shape index (κ3) is 4.44. The summed E-state index contributed by atoms with van der Waals surface area (Å²) in [4.78, 5) is 17.2. The van der Waals surface area contributed by atoms with Crippen molar-refractivity contribution < 1.29 is 14.6 Å². The number of benzene rings is 2. The number of nitrogens with two attached hydrogens (primary N) is 1. The van der Waals surface area contributed by atoms with E-state index >= 15 is 0 Å². The van der Waals surface area contributed by atoms with Crippen LogP contribution in [-0.2, 0) is 0 Å². The highest BCUT2D eigenvalue weighted by Gasteiger charge is 2.21. The van der Waals surface area contributed by atoms with E-state index < -0.39 is 5.91 Å². The lowest BCUT2D eigenvalue weighted by molar-refractivity contribution is 0.0998. The van der Waals surface area contributed by atoms with Crippen molar-refractivity contribution in [3.05, 3.63) is 63.8 Å². The first-order chi connectivity index (χ1) is 14.5. The Morgan fingerprint density at radius 1 is 1.30 bits per heavy atom. The van der Waals surface area contributed by atoms with E-state index in [1.54, 1.807) is 23.0 Å². The first-order valence-electron chi connectivity index (χ1n) is 9.70. The molecule has 4 rings (SSSR count). The summed E-state index contributed by atoms with van der Waals surface area (Å²) in [6.45, 7) is 2.56.